The highest BCUT2D eigenvalue weighted by Crippen LogP contribution is 2.30. The largest absolute Gasteiger partial charge is 0.460 e. The van der Waals surface area contributed by atoms with Gasteiger partial charge in [0.1, 0.15) is 11.5 Å². The monoisotopic (exact) mass is 261 g/mol. The van der Waals surface area contributed by atoms with Crippen LogP contribution in [0.5, 0.6) is 0 Å². The van der Waals surface area contributed by atoms with Crippen molar-refractivity contribution in [3.8, 4) is 11.3 Å². The molecular weight excluding hydrogens is 246 g/mol. The normalized spacial score (nSPS) is 15.0. The van der Waals surface area contributed by atoms with Crippen LogP contribution in [0.4, 0.5) is 0 Å². The van der Waals surface area contributed by atoms with Crippen LogP contribution in [0.25, 0.3) is 11.3 Å². The summed E-state index contributed by atoms with van der Waals surface area (Å²) in [6.45, 7) is 2.83. The third kappa shape index (κ3) is 2.60. The summed E-state index contributed by atoms with van der Waals surface area (Å²) < 4.78 is 5.82. The molecule has 0 unspecified atom stereocenters. The van der Waals surface area contributed by atoms with Gasteiger partial charge in [-0.1, -0.05) is 17.7 Å². The molecule has 0 radical (unpaired) electrons. The van der Waals surface area contributed by atoms with E-state index in [2.05, 4.69) is 5.32 Å². The number of nitrogens with one attached hydrogen (secondary N) is 1. The van der Waals surface area contributed by atoms with Gasteiger partial charge in [0.05, 0.1) is 11.6 Å². The lowest BCUT2D eigenvalue weighted by molar-refractivity contribution is 0.492. The lowest BCUT2D eigenvalue weighted by atomic mass is 10.1. The van der Waals surface area contributed by atoms with Gasteiger partial charge in [-0.2, -0.15) is 0 Å². The standard InChI is InChI=1S/C15H16ClNO/c1-10-2-6-13(14(16)8-10)15-7-5-12(18-15)9-17-11-3-4-11/h2,5-8,11,17H,3-4,9H2,1H3. The third-order valence-corrected chi connectivity index (χ3v) is 3.51. The molecule has 1 fully saturated rings. The third-order valence-electron chi connectivity index (χ3n) is 3.19. The molecule has 3 heteroatoms. The van der Waals surface area contributed by atoms with Gasteiger partial charge in [0.15, 0.2) is 0 Å². The van der Waals surface area contributed by atoms with Crippen LogP contribution in [-0.4, -0.2) is 6.04 Å². The number of rotatable bonds is 4. The molecule has 0 saturated heterocycles. The van der Waals surface area contributed by atoms with Gasteiger partial charge in [-0.25, -0.2) is 0 Å². The smallest absolute Gasteiger partial charge is 0.135 e. The minimum Gasteiger partial charge on any atom is -0.460 e. The van der Waals surface area contributed by atoms with E-state index in [1.54, 1.807) is 0 Å². The maximum atomic E-state index is 6.24. The van der Waals surface area contributed by atoms with E-state index in [9.17, 15) is 0 Å². The molecule has 1 aliphatic carbocycles. The molecule has 0 amide bonds. The number of benzene rings is 1. The molecule has 0 atom stereocenters. The summed E-state index contributed by atoms with van der Waals surface area (Å²) in [4.78, 5) is 0. The van der Waals surface area contributed by atoms with Gasteiger partial charge in [-0.05, 0) is 49.6 Å². The molecule has 1 heterocycles. The number of furan rings is 1. The molecule has 1 saturated carbocycles. The first-order valence-electron chi connectivity index (χ1n) is 6.31. The van der Waals surface area contributed by atoms with E-state index in [1.165, 1.54) is 12.8 Å². The second-order valence-electron chi connectivity index (χ2n) is 4.90. The highest BCUT2D eigenvalue weighted by atomic mass is 35.5. The van der Waals surface area contributed by atoms with Crippen LogP contribution in [0.3, 0.4) is 0 Å². The average Bonchev–Trinajstić information content (AvgIpc) is 3.05. The van der Waals surface area contributed by atoms with Crippen molar-refractivity contribution >= 4 is 11.6 Å². The van der Waals surface area contributed by atoms with E-state index >= 15 is 0 Å². The lowest BCUT2D eigenvalue weighted by Gasteiger charge is -2.02. The van der Waals surface area contributed by atoms with Crippen LogP contribution >= 0.6 is 11.6 Å². The number of halogens is 1. The van der Waals surface area contributed by atoms with E-state index < -0.39 is 0 Å². The molecule has 1 aromatic heterocycles. The van der Waals surface area contributed by atoms with Crippen molar-refractivity contribution in [3.63, 3.8) is 0 Å². The molecule has 0 spiro atoms. The fraction of sp³-hybridized carbons (Fsp3) is 0.333. The Bertz CT molecular complexity index is 557. The Labute approximate surface area is 112 Å². The summed E-state index contributed by atoms with van der Waals surface area (Å²) in [5.41, 5.74) is 2.12. The molecule has 1 N–H and O–H groups in total. The number of hydrogen-bond donors (Lipinski definition) is 1. The fourth-order valence-corrected chi connectivity index (χ4v) is 2.30. The van der Waals surface area contributed by atoms with E-state index in [1.807, 2.05) is 37.3 Å². The summed E-state index contributed by atoms with van der Waals surface area (Å²) in [7, 11) is 0. The number of hydrogen-bond acceptors (Lipinski definition) is 2. The molecule has 1 aromatic carbocycles. The molecule has 0 aliphatic heterocycles. The predicted octanol–water partition coefficient (Wildman–Crippen LogP) is 4.16. The van der Waals surface area contributed by atoms with Crippen LogP contribution in [0.2, 0.25) is 5.02 Å². The Balaban J connectivity index is 1.78. The molecular formula is C15H16ClNO. The highest BCUT2D eigenvalue weighted by molar-refractivity contribution is 6.33. The van der Waals surface area contributed by atoms with E-state index in [0.29, 0.717) is 6.04 Å². The summed E-state index contributed by atoms with van der Waals surface area (Å²) in [6.07, 6.45) is 2.58. The van der Waals surface area contributed by atoms with E-state index in [4.69, 9.17) is 16.0 Å². The SMILES string of the molecule is Cc1ccc(-c2ccc(CNC3CC3)o2)c(Cl)c1. The Morgan fingerprint density at radius 2 is 2.11 bits per heavy atom. The lowest BCUT2D eigenvalue weighted by Crippen LogP contribution is -2.14. The van der Waals surface area contributed by atoms with E-state index in [0.717, 1.165) is 34.2 Å². The van der Waals surface area contributed by atoms with Gasteiger partial charge in [0, 0.05) is 11.6 Å². The van der Waals surface area contributed by atoms with Crippen molar-refractivity contribution in [2.45, 2.75) is 32.4 Å². The zero-order valence-electron chi connectivity index (χ0n) is 10.4. The van der Waals surface area contributed by atoms with Crippen LogP contribution in [0.15, 0.2) is 34.7 Å². The Morgan fingerprint density at radius 3 is 2.83 bits per heavy atom. The Kier molecular flexibility index (Phi) is 3.14. The van der Waals surface area contributed by atoms with Gasteiger partial charge in [-0.3, -0.25) is 0 Å². The van der Waals surface area contributed by atoms with Crippen molar-refractivity contribution in [1.82, 2.24) is 5.32 Å². The van der Waals surface area contributed by atoms with Crippen LogP contribution in [-0.2, 0) is 6.54 Å². The topological polar surface area (TPSA) is 25.2 Å². The Hall–Kier alpha value is -1.25. The van der Waals surface area contributed by atoms with Gasteiger partial charge in [0.2, 0.25) is 0 Å². The first-order chi connectivity index (χ1) is 8.72. The average molecular weight is 262 g/mol. The Morgan fingerprint density at radius 1 is 1.28 bits per heavy atom. The summed E-state index contributed by atoms with van der Waals surface area (Å²) in [5, 5.41) is 4.18. The molecule has 1 aliphatic rings. The van der Waals surface area contributed by atoms with Crippen molar-refractivity contribution in [2.75, 3.05) is 0 Å². The first kappa shape index (κ1) is 11.8. The summed E-state index contributed by atoms with van der Waals surface area (Å²) >= 11 is 6.24. The maximum Gasteiger partial charge on any atom is 0.135 e. The van der Waals surface area contributed by atoms with E-state index in [-0.39, 0.29) is 0 Å². The second-order valence-corrected chi connectivity index (χ2v) is 5.31. The quantitative estimate of drug-likeness (QED) is 0.894. The zero-order valence-corrected chi connectivity index (χ0v) is 11.1. The van der Waals surface area contributed by atoms with Crippen molar-refractivity contribution in [3.05, 3.63) is 46.7 Å². The van der Waals surface area contributed by atoms with Crippen molar-refractivity contribution < 1.29 is 4.42 Å². The molecule has 0 bridgehead atoms. The van der Waals surface area contributed by atoms with Crippen LogP contribution < -0.4 is 5.32 Å². The fourth-order valence-electron chi connectivity index (χ4n) is 1.97. The molecule has 18 heavy (non-hydrogen) atoms. The minimum atomic E-state index is 0.696. The van der Waals surface area contributed by atoms with Crippen molar-refractivity contribution in [2.24, 2.45) is 0 Å². The summed E-state index contributed by atoms with van der Waals surface area (Å²) in [6, 6.07) is 10.7. The van der Waals surface area contributed by atoms with Gasteiger partial charge >= 0.3 is 0 Å². The van der Waals surface area contributed by atoms with Gasteiger partial charge in [0.25, 0.3) is 0 Å². The molecule has 3 rings (SSSR count). The minimum absolute atomic E-state index is 0.696. The zero-order chi connectivity index (χ0) is 12.5. The molecule has 2 nitrogen and oxygen atoms in total. The number of aryl methyl sites for hydroxylation is 1. The highest BCUT2D eigenvalue weighted by Gasteiger charge is 2.20. The van der Waals surface area contributed by atoms with Gasteiger partial charge in [-0.15, -0.1) is 0 Å². The maximum absolute atomic E-state index is 6.24. The first-order valence-corrected chi connectivity index (χ1v) is 6.69. The van der Waals surface area contributed by atoms with Crippen LogP contribution in [0, 0.1) is 6.92 Å². The van der Waals surface area contributed by atoms with Crippen LogP contribution in [0.1, 0.15) is 24.2 Å². The second kappa shape index (κ2) is 4.79. The van der Waals surface area contributed by atoms with Crippen molar-refractivity contribution in [1.29, 1.82) is 0 Å². The van der Waals surface area contributed by atoms with Gasteiger partial charge < -0.3 is 9.73 Å². The molecule has 94 valence electrons. The predicted molar refractivity (Wildman–Crippen MR) is 73.8 cm³/mol. The summed E-state index contributed by atoms with van der Waals surface area (Å²) in [5.74, 6) is 1.81. The molecule has 2 aromatic rings.